The zero-order chi connectivity index (χ0) is 15.4. The Morgan fingerprint density at radius 1 is 0.900 bits per heavy atom. The molecule has 3 nitrogen and oxygen atoms in total. The van der Waals surface area contributed by atoms with Crippen molar-refractivity contribution in [3.63, 3.8) is 0 Å². The molecular formula is C16H33N3Zr. The van der Waals surface area contributed by atoms with Gasteiger partial charge in [-0.3, -0.25) is 6.08 Å². The van der Waals surface area contributed by atoms with Gasteiger partial charge in [0.15, 0.2) is 0 Å². The minimum atomic E-state index is 0. The van der Waals surface area contributed by atoms with Gasteiger partial charge in [0.05, 0.1) is 0 Å². The quantitative estimate of drug-likeness (QED) is 0.519. The summed E-state index contributed by atoms with van der Waals surface area (Å²) in [5.74, 6) is 0. The first kappa shape index (κ1) is 28.4. The van der Waals surface area contributed by atoms with Crippen molar-refractivity contribution in [1.29, 1.82) is 0 Å². The van der Waals surface area contributed by atoms with Crippen LogP contribution in [-0.2, 0) is 26.2 Å². The Morgan fingerprint density at radius 2 is 1.25 bits per heavy atom. The van der Waals surface area contributed by atoms with Crippen molar-refractivity contribution in [1.82, 2.24) is 0 Å². The summed E-state index contributed by atoms with van der Waals surface area (Å²) in [7, 11) is 0. The molecule has 0 spiro atoms. The number of nitrogens with one attached hydrogen (secondary N) is 3. The molecule has 0 unspecified atom stereocenters. The molecule has 0 saturated heterocycles. The Hall–Kier alpha value is 0.243. The molecule has 0 atom stereocenters. The maximum Gasteiger partial charge on any atom is 4.00 e. The van der Waals surface area contributed by atoms with Gasteiger partial charge in [-0.25, -0.2) is 11.6 Å². The molecule has 0 amide bonds. The minimum absolute atomic E-state index is 0. The fourth-order valence-corrected chi connectivity index (χ4v) is 0.693. The van der Waals surface area contributed by atoms with E-state index in [0.717, 1.165) is 32.1 Å². The van der Waals surface area contributed by atoms with E-state index in [1.165, 1.54) is 5.57 Å². The van der Waals surface area contributed by atoms with Crippen LogP contribution in [0.4, 0.5) is 0 Å². The van der Waals surface area contributed by atoms with Crippen molar-refractivity contribution in [2.45, 2.75) is 59.8 Å². The van der Waals surface area contributed by atoms with Crippen molar-refractivity contribution >= 4 is 0 Å². The molecule has 4 heteroatoms. The molecule has 0 bridgehead atoms. The van der Waals surface area contributed by atoms with E-state index in [4.69, 9.17) is 17.2 Å². The minimum Gasteiger partial charge on any atom is -0.677 e. The smallest absolute Gasteiger partial charge is 0.677 e. The second-order valence-corrected chi connectivity index (χ2v) is 3.91. The van der Waals surface area contributed by atoms with Crippen LogP contribution in [0.3, 0.4) is 0 Å². The second kappa shape index (κ2) is 31.6. The molecule has 20 heavy (non-hydrogen) atoms. The summed E-state index contributed by atoms with van der Waals surface area (Å²) < 4.78 is 0. The predicted molar refractivity (Wildman–Crippen MR) is 89.2 cm³/mol. The van der Waals surface area contributed by atoms with Crippen molar-refractivity contribution in [3.05, 3.63) is 41.0 Å². The van der Waals surface area contributed by atoms with Gasteiger partial charge < -0.3 is 17.2 Å². The fraction of sp³-hybridized carbons (Fsp3) is 0.750. The standard InChI is InChI=1S/C7H9.3C3H8N.Zr/c1-2-7-5-3-4-6-7;3*1-2-3-4;/h3,5H,2,4H2,1H3;3*4H,2-3H2,1H3;/q4*-1;+4. The number of hydrogen-bond donors (Lipinski definition) is 0. The van der Waals surface area contributed by atoms with Crippen LogP contribution in [0.1, 0.15) is 59.8 Å². The predicted octanol–water partition coefficient (Wildman–Crippen LogP) is 6.43. The van der Waals surface area contributed by atoms with Gasteiger partial charge >= 0.3 is 26.2 Å². The van der Waals surface area contributed by atoms with Gasteiger partial charge in [-0.2, -0.15) is 25.7 Å². The molecule has 116 valence electrons. The Balaban J connectivity index is -0.0000000881. The zero-order valence-electron chi connectivity index (χ0n) is 13.8. The summed E-state index contributed by atoms with van der Waals surface area (Å²) in [6.45, 7) is 9.84. The SMILES string of the molecule is CCC1=[C-]CC=C1.CCC[NH-].CCC[NH-].CCC[NH-].[Zr+4]. The molecule has 0 heterocycles. The first-order valence-corrected chi connectivity index (χ1v) is 7.38. The van der Waals surface area contributed by atoms with Gasteiger partial charge in [-0.1, -0.05) is 53.4 Å². The monoisotopic (exact) mass is 357 g/mol. The summed E-state index contributed by atoms with van der Waals surface area (Å²) in [6, 6.07) is 0. The van der Waals surface area contributed by atoms with Gasteiger partial charge in [-0.15, -0.1) is 6.42 Å². The van der Waals surface area contributed by atoms with Crippen LogP contribution in [0.15, 0.2) is 17.7 Å². The molecule has 1 rings (SSSR count). The summed E-state index contributed by atoms with van der Waals surface area (Å²) in [5, 5.41) is 0. The van der Waals surface area contributed by atoms with Crippen molar-refractivity contribution in [2.24, 2.45) is 0 Å². The van der Waals surface area contributed by atoms with Crippen LogP contribution in [-0.4, -0.2) is 19.6 Å². The number of allylic oxidation sites excluding steroid dienone is 4. The maximum absolute atomic E-state index is 6.45. The van der Waals surface area contributed by atoms with E-state index >= 15 is 0 Å². The molecule has 0 saturated carbocycles. The Kier molecular flexibility index (Phi) is 44.8. The van der Waals surface area contributed by atoms with Crippen molar-refractivity contribution in [2.75, 3.05) is 19.6 Å². The summed E-state index contributed by atoms with van der Waals surface area (Å²) >= 11 is 0. The molecule has 0 aromatic heterocycles. The first-order chi connectivity index (χ1) is 9.17. The van der Waals surface area contributed by atoms with Crippen LogP contribution in [0.25, 0.3) is 17.2 Å². The van der Waals surface area contributed by atoms with Gasteiger partial charge in [0.1, 0.15) is 0 Å². The van der Waals surface area contributed by atoms with Gasteiger partial charge in [0, 0.05) is 0 Å². The zero-order valence-corrected chi connectivity index (χ0v) is 16.3. The van der Waals surface area contributed by atoms with Crippen molar-refractivity contribution < 1.29 is 26.2 Å². The normalized spacial score (nSPS) is 10.7. The number of rotatable bonds is 4. The van der Waals surface area contributed by atoms with Gasteiger partial charge in [0.25, 0.3) is 0 Å². The van der Waals surface area contributed by atoms with Crippen LogP contribution in [0.2, 0.25) is 0 Å². The molecule has 1 aliphatic rings. The van der Waals surface area contributed by atoms with E-state index in [1.54, 1.807) is 0 Å². The van der Waals surface area contributed by atoms with Gasteiger partial charge in [0.2, 0.25) is 0 Å². The Bertz CT molecular complexity index is 177. The van der Waals surface area contributed by atoms with E-state index in [0.29, 0.717) is 19.6 Å². The largest absolute Gasteiger partial charge is 4.00 e. The average Bonchev–Trinajstić information content (AvgIpc) is 3.01. The Morgan fingerprint density at radius 3 is 1.35 bits per heavy atom. The van der Waals surface area contributed by atoms with Crippen LogP contribution in [0, 0.1) is 6.08 Å². The van der Waals surface area contributed by atoms with E-state index in [2.05, 4.69) is 25.2 Å². The van der Waals surface area contributed by atoms with Gasteiger partial charge in [-0.05, 0) is 0 Å². The van der Waals surface area contributed by atoms with Crippen LogP contribution >= 0.6 is 0 Å². The average molecular weight is 359 g/mol. The number of hydrogen-bond acceptors (Lipinski definition) is 0. The van der Waals surface area contributed by atoms with Crippen LogP contribution in [0.5, 0.6) is 0 Å². The second-order valence-electron chi connectivity index (χ2n) is 3.91. The van der Waals surface area contributed by atoms with Crippen molar-refractivity contribution in [3.8, 4) is 0 Å². The molecule has 0 fully saturated rings. The third kappa shape index (κ3) is 36.2. The molecule has 3 N–H and O–H groups in total. The van der Waals surface area contributed by atoms with E-state index in [-0.39, 0.29) is 26.2 Å². The maximum atomic E-state index is 6.45. The third-order valence-corrected chi connectivity index (χ3v) is 1.90. The first-order valence-electron chi connectivity index (χ1n) is 7.38. The summed E-state index contributed by atoms with van der Waals surface area (Å²) in [4.78, 5) is 0. The Labute approximate surface area is 146 Å². The molecule has 0 aliphatic heterocycles. The van der Waals surface area contributed by atoms with E-state index in [9.17, 15) is 0 Å². The summed E-state index contributed by atoms with van der Waals surface area (Å²) in [6.07, 6.45) is 12.6. The molecule has 0 aromatic carbocycles. The van der Waals surface area contributed by atoms with Crippen LogP contribution < -0.4 is 0 Å². The van der Waals surface area contributed by atoms with E-state index < -0.39 is 0 Å². The fourth-order valence-electron chi connectivity index (χ4n) is 0.693. The third-order valence-electron chi connectivity index (χ3n) is 1.90. The molecule has 0 aromatic rings. The molecule has 1 aliphatic carbocycles. The summed E-state index contributed by atoms with van der Waals surface area (Å²) in [5.41, 5.74) is 20.7. The topological polar surface area (TPSA) is 71.4 Å². The molecule has 0 radical (unpaired) electrons. The molecular weight excluding hydrogens is 325 g/mol. The van der Waals surface area contributed by atoms with E-state index in [1.807, 2.05) is 20.8 Å².